The van der Waals surface area contributed by atoms with Crippen molar-refractivity contribution in [3.8, 4) is 0 Å². The molecule has 5 nitrogen and oxygen atoms in total. The molecule has 0 amide bonds. The van der Waals surface area contributed by atoms with Crippen molar-refractivity contribution in [1.82, 2.24) is 14.7 Å². The van der Waals surface area contributed by atoms with Crippen molar-refractivity contribution >= 4 is 5.97 Å². The number of carboxylic acids is 1. The van der Waals surface area contributed by atoms with Crippen molar-refractivity contribution in [2.75, 3.05) is 13.1 Å². The van der Waals surface area contributed by atoms with Crippen LogP contribution < -0.4 is 0 Å². The van der Waals surface area contributed by atoms with Gasteiger partial charge in [0.25, 0.3) is 0 Å². The van der Waals surface area contributed by atoms with Crippen molar-refractivity contribution < 1.29 is 9.90 Å². The number of hydrogen-bond donors (Lipinski definition) is 1. The molecule has 1 aromatic heterocycles. The molecule has 0 bridgehead atoms. The highest BCUT2D eigenvalue weighted by Crippen LogP contribution is 2.22. The average Bonchev–Trinajstić information content (AvgIpc) is 2.71. The van der Waals surface area contributed by atoms with E-state index >= 15 is 0 Å². The van der Waals surface area contributed by atoms with Crippen LogP contribution in [0.15, 0.2) is 6.07 Å². The van der Waals surface area contributed by atoms with Crippen LogP contribution in [-0.2, 0) is 13.5 Å². The highest BCUT2D eigenvalue weighted by atomic mass is 16.4. The van der Waals surface area contributed by atoms with Gasteiger partial charge in [-0.15, -0.1) is 0 Å². The minimum atomic E-state index is -0.907. The number of likely N-dealkylation sites (tertiary alicyclic amines) is 1. The number of carboxylic acid groups (broad SMARTS) is 1. The number of aromatic nitrogens is 2. The second kappa shape index (κ2) is 5.74. The second-order valence-electron chi connectivity index (χ2n) is 5.73. The molecule has 1 fully saturated rings. The van der Waals surface area contributed by atoms with Gasteiger partial charge in [0.2, 0.25) is 0 Å². The summed E-state index contributed by atoms with van der Waals surface area (Å²) in [5.41, 5.74) is 1.18. The van der Waals surface area contributed by atoms with Crippen LogP contribution in [0.25, 0.3) is 0 Å². The zero-order valence-corrected chi connectivity index (χ0v) is 12.0. The number of nitrogens with zero attached hydrogens (tertiary/aromatic N) is 3. The van der Waals surface area contributed by atoms with Gasteiger partial charge in [-0.3, -0.25) is 4.68 Å². The fraction of sp³-hybridized carbons (Fsp3) is 0.714. The van der Waals surface area contributed by atoms with Crippen LogP contribution in [-0.4, -0.2) is 44.9 Å². The largest absolute Gasteiger partial charge is 0.477 e. The summed E-state index contributed by atoms with van der Waals surface area (Å²) in [4.78, 5) is 13.5. The summed E-state index contributed by atoms with van der Waals surface area (Å²) in [7, 11) is 1.69. The van der Waals surface area contributed by atoms with Crippen LogP contribution in [0.4, 0.5) is 0 Å². The minimum Gasteiger partial charge on any atom is -0.477 e. The molecule has 0 atom stereocenters. The van der Waals surface area contributed by atoms with E-state index in [9.17, 15) is 4.79 Å². The Morgan fingerprint density at radius 2 is 2.11 bits per heavy atom. The molecule has 1 N–H and O–H groups in total. The van der Waals surface area contributed by atoms with Gasteiger partial charge in [0.1, 0.15) is 5.69 Å². The first-order valence-corrected chi connectivity index (χ1v) is 6.97. The lowest BCUT2D eigenvalue weighted by Gasteiger charge is -2.34. The van der Waals surface area contributed by atoms with Crippen molar-refractivity contribution in [3.63, 3.8) is 0 Å². The zero-order valence-electron chi connectivity index (χ0n) is 12.0. The summed E-state index contributed by atoms with van der Waals surface area (Å²) in [5, 5.41) is 13.3. The van der Waals surface area contributed by atoms with Gasteiger partial charge in [0.15, 0.2) is 0 Å². The van der Waals surface area contributed by atoms with Gasteiger partial charge in [-0.05, 0) is 58.2 Å². The van der Waals surface area contributed by atoms with E-state index in [-0.39, 0.29) is 5.69 Å². The number of aromatic carboxylic acids is 1. The van der Waals surface area contributed by atoms with E-state index in [0.29, 0.717) is 12.0 Å². The van der Waals surface area contributed by atoms with Gasteiger partial charge in [0.05, 0.1) is 5.69 Å². The Balaban J connectivity index is 1.92. The van der Waals surface area contributed by atoms with E-state index in [2.05, 4.69) is 23.8 Å². The highest BCUT2D eigenvalue weighted by molar-refractivity contribution is 5.85. The van der Waals surface area contributed by atoms with Gasteiger partial charge < -0.3 is 10.0 Å². The van der Waals surface area contributed by atoms with E-state index in [1.165, 1.54) is 17.5 Å². The summed E-state index contributed by atoms with van der Waals surface area (Å²) in [6, 6.07) is 2.33. The molecular weight excluding hydrogens is 242 g/mol. The van der Waals surface area contributed by atoms with Gasteiger partial charge >= 0.3 is 5.97 Å². The topological polar surface area (TPSA) is 58.4 Å². The molecule has 5 heteroatoms. The Morgan fingerprint density at radius 1 is 1.47 bits per heavy atom. The molecule has 0 unspecified atom stereocenters. The summed E-state index contributed by atoms with van der Waals surface area (Å²) in [5.74, 6) is -0.276. The Kier molecular flexibility index (Phi) is 4.24. The molecule has 1 aromatic rings. The van der Waals surface area contributed by atoms with E-state index in [4.69, 9.17) is 5.11 Å². The number of aryl methyl sites for hydroxylation is 1. The van der Waals surface area contributed by atoms with Crippen LogP contribution in [0.2, 0.25) is 0 Å². The van der Waals surface area contributed by atoms with Gasteiger partial charge in [0, 0.05) is 13.1 Å². The fourth-order valence-corrected chi connectivity index (χ4v) is 2.80. The Hall–Kier alpha value is -1.36. The maximum Gasteiger partial charge on any atom is 0.354 e. The monoisotopic (exact) mass is 265 g/mol. The summed E-state index contributed by atoms with van der Waals surface area (Å²) >= 11 is 0. The maximum absolute atomic E-state index is 11.0. The normalized spacial score (nSPS) is 18.1. The first kappa shape index (κ1) is 14.1. The quantitative estimate of drug-likeness (QED) is 0.901. The highest BCUT2D eigenvalue weighted by Gasteiger charge is 2.22. The fourth-order valence-electron chi connectivity index (χ4n) is 2.80. The van der Waals surface area contributed by atoms with E-state index in [1.54, 1.807) is 13.1 Å². The lowest BCUT2D eigenvalue weighted by Crippen LogP contribution is -2.38. The van der Waals surface area contributed by atoms with Gasteiger partial charge in [-0.2, -0.15) is 5.10 Å². The lowest BCUT2D eigenvalue weighted by atomic mass is 9.91. The molecule has 106 valence electrons. The second-order valence-corrected chi connectivity index (χ2v) is 5.73. The molecule has 0 aromatic carbocycles. The van der Waals surface area contributed by atoms with E-state index < -0.39 is 5.97 Å². The Labute approximate surface area is 114 Å². The molecule has 0 radical (unpaired) electrons. The molecule has 1 saturated heterocycles. The number of hydrogen-bond acceptors (Lipinski definition) is 3. The van der Waals surface area contributed by atoms with Gasteiger partial charge in [-0.1, -0.05) is 0 Å². The molecule has 0 spiro atoms. The third-order valence-corrected chi connectivity index (χ3v) is 4.03. The van der Waals surface area contributed by atoms with Crippen LogP contribution >= 0.6 is 0 Å². The van der Waals surface area contributed by atoms with E-state index in [0.717, 1.165) is 25.2 Å². The molecule has 2 heterocycles. The van der Waals surface area contributed by atoms with Crippen LogP contribution in [0.5, 0.6) is 0 Å². The van der Waals surface area contributed by atoms with Gasteiger partial charge in [-0.25, -0.2) is 4.79 Å². The smallest absolute Gasteiger partial charge is 0.354 e. The molecule has 19 heavy (non-hydrogen) atoms. The average molecular weight is 265 g/mol. The van der Waals surface area contributed by atoms with Crippen molar-refractivity contribution in [1.29, 1.82) is 0 Å². The predicted molar refractivity (Wildman–Crippen MR) is 73.3 cm³/mol. The summed E-state index contributed by atoms with van der Waals surface area (Å²) in [6.07, 6.45) is 3.25. The Bertz CT molecular complexity index is 446. The lowest BCUT2D eigenvalue weighted by molar-refractivity contribution is 0.0685. The molecule has 0 saturated carbocycles. The number of rotatable bonds is 4. The van der Waals surface area contributed by atoms with Crippen molar-refractivity contribution in [2.45, 2.75) is 39.2 Å². The van der Waals surface area contributed by atoms with Crippen LogP contribution in [0.3, 0.4) is 0 Å². The number of carbonyl (C=O) groups is 1. The summed E-state index contributed by atoms with van der Waals surface area (Å²) in [6.45, 7) is 6.75. The standard InChI is InChI=1S/C14H23N3O2/c1-10(2)17-6-4-11(5-7-17)8-12-9-13(14(18)19)16(3)15-12/h9-11H,4-8H2,1-3H3,(H,18,19). The number of piperidine rings is 1. The predicted octanol–water partition coefficient (Wildman–Crippen LogP) is 1.78. The molecule has 1 aliphatic rings. The first-order chi connectivity index (χ1) is 8.97. The van der Waals surface area contributed by atoms with Crippen LogP contribution in [0, 0.1) is 5.92 Å². The third-order valence-electron chi connectivity index (χ3n) is 4.03. The van der Waals surface area contributed by atoms with Crippen molar-refractivity contribution in [2.24, 2.45) is 13.0 Å². The van der Waals surface area contributed by atoms with Crippen molar-refractivity contribution in [3.05, 3.63) is 17.5 Å². The maximum atomic E-state index is 11.0. The summed E-state index contributed by atoms with van der Waals surface area (Å²) < 4.78 is 1.46. The molecule has 0 aliphatic carbocycles. The molecular formula is C14H23N3O2. The van der Waals surface area contributed by atoms with E-state index in [1.807, 2.05) is 0 Å². The first-order valence-electron chi connectivity index (χ1n) is 6.97. The minimum absolute atomic E-state index is 0.273. The van der Waals surface area contributed by atoms with Crippen LogP contribution in [0.1, 0.15) is 42.9 Å². The third kappa shape index (κ3) is 3.35. The SMILES string of the molecule is CC(C)N1CCC(Cc2cc(C(=O)O)n(C)n2)CC1. The molecule has 1 aliphatic heterocycles. The molecule has 2 rings (SSSR count). The zero-order chi connectivity index (χ0) is 14.0. The Morgan fingerprint density at radius 3 is 2.58 bits per heavy atom.